The SMILES string of the molecule is CC1CN(CC2=Cc3cc[nH]c3NC2)C1. The lowest BCUT2D eigenvalue weighted by atomic mass is 10.0. The van der Waals surface area contributed by atoms with Gasteiger partial charge in [0.05, 0.1) is 0 Å². The monoisotopic (exact) mass is 203 g/mol. The highest BCUT2D eigenvalue weighted by Gasteiger charge is 2.23. The number of anilines is 1. The lowest BCUT2D eigenvalue weighted by Crippen LogP contribution is -2.46. The third-order valence-electron chi connectivity index (χ3n) is 3.20. The molecule has 3 heteroatoms. The number of aromatic nitrogens is 1. The molecule has 0 spiro atoms. The number of hydrogen-bond acceptors (Lipinski definition) is 2. The van der Waals surface area contributed by atoms with Gasteiger partial charge in [0.1, 0.15) is 5.82 Å². The van der Waals surface area contributed by atoms with Gasteiger partial charge in [-0.3, -0.25) is 4.90 Å². The molecule has 15 heavy (non-hydrogen) atoms. The highest BCUT2D eigenvalue weighted by atomic mass is 15.2. The molecule has 1 aromatic rings. The largest absolute Gasteiger partial charge is 0.367 e. The topological polar surface area (TPSA) is 31.1 Å². The van der Waals surface area contributed by atoms with Gasteiger partial charge in [0.25, 0.3) is 0 Å². The molecule has 2 aliphatic rings. The first-order valence-electron chi connectivity index (χ1n) is 5.64. The van der Waals surface area contributed by atoms with E-state index in [0.29, 0.717) is 0 Å². The number of nitrogens with one attached hydrogen (secondary N) is 2. The summed E-state index contributed by atoms with van der Waals surface area (Å²) in [4.78, 5) is 5.71. The molecule has 0 aromatic carbocycles. The zero-order valence-corrected chi connectivity index (χ0v) is 9.09. The van der Waals surface area contributed by atoms with Gasteiger partial charge in [-0.15, -0.1) is 0 Å². The molecule has 0 aliphatic carbocycles. The van der Waals surface area contributed by atoms with E-state index in [4.69, 9.17) is 0 Å². The van der Waals surface area contributed by atoms with Crippen molar-refractivity contribution in [2.75, 3.05) is 31.5 Å². The fraction of sp³-hybridized carbons (Fsp3) is 0.500. The number of likely N-dealkylation sites (tertiary alicyclic amines) is 1. The summed E-state index contributed by atoms with van der Waals surface area (Å²) in [5.74, 6) is 2.06. The summed E-state index contributed by atoms with van der Waals surface area (Å²) in [5.41, 5.74) is 2.79. The van der Waals surface area contributed by atoms with Crippen LogP contribution in [-0.2, 0) is 0 Å². The number of fused-ring (bicyclic) bond motifs is 1. The molecular weight excluding hydrogens is 186 g/mol. The second kappa shape index (κ2) is 3.42. The van der Waals surface area contributed by atoms with Crippen molar-refractivity contribution in [1.29, 1.82) is 0 Å². The van der Waals surface area contributed by atoms with E-state index < -0.39 is 0 Å². The Labute approximate surface area is 90.2 Å². The Morgan fingerprint density at radius 3 is 3.13 bits per heavy atom. The third kappa shape index (κ3) is 1.67. The van der Waals surface area contributed by atoms with E-state index in [-0.39, 0.29) is 0 Å². The van der Waals surface area contributed by atoms with Crippen LogP contribution in [0.3, 0.4) is 0 Å². The van der Waals surface area contributed by atoms with Crippen molar-refractivity contribution in [3.8, 4) is 0 Å². The Bertz CT molecular complexity index is 385. The number of rotatable bonds is 2. The summed E-state index contributed by atoms with van der Waals surface area (Å²) in [6.07, 6.45) is 4.30. The molecule has 1 fully saturated rings. The Kier molecular flexibility index (Phi) is 2.06. The number of nitrogens with zero attached hydrogens (tertiary/aromatic N) is 1. The van der Waals surface area contributed by atoms with Crippen molar-refractivity contribution < 1.29 is 0 Å². The number of aromatic amines is 1. The Morgan fingerprint density at radius 2 is 2.33 bits per heavy atom. The van der Waals surface area contributed by atoms with Crippen LogP contribution in [0.25, 0.3) is 6.08 Å². The second-order valence-electron chi connectivity index (χ2n) is 4.76. The maximum absolute atomic E-state index is 3.41. The van der Waals surface area contributed by atoms with Crippen molar-refractivity contribution in [1.82, 2.24) is 9.88 Å². The van der Waals surface area contributed by atoms with Gasteiger partial charge in [-0.25, -0.2) is 0 Å². The fourth-order valence-electron chi connectivity index (χ4n) is 2.47. The molecule has 3 rings (SSSR count). The Hall–Kier alpha value is -1.22. The predicted molar refractivity (Wildman–Crippen MR) is 62.9 cm³/mol. The molecule has 3 heterocycles. The van der Waals surface area contributed by atoms with E-state index >= 15 is 0 Å². The molecule has 0 atom stereocenters. The third-order valence-corrected chi connectivity index (χ3v) is 3.20. The van der Waals surface area contributed by atoms with Crippen molar-refractivity contribution in [3.63, 3.8) is 0 Å². The Morgan fingerprint density at radius 1 is 1.47 bits per heavy atom. The molecular formula is C12H17N3. The summed E-state index contributed by atoms with van der Waals surface area (Å²) in [6, 6.07) is 2.13. The van der Waals surface area contributed by atoms with E-state index in [2.05, 4.69) is 34.3 Å². The molecule has 1 saturated heterocycles. The van der Waals surface area contributed by atoms with Crippen LogP contribution in [0.4, 0.5) is 5.82 Å². The Balaban J connectivity index is 1.68. The highest BCUT2D eigenvalue weighted by Crippen LogP contribution is 2.23. The van der Waals surface area contributed by atoms with Gasteiger partial charge < -0.3 is 10.3 Å². The van der Waals surface area contributed by atoms with Crippen LogP contribution in [0.5, 0.6) is 0 Å². The quantitative estimate of drug-likeness (QED) is 0.767. The van der Waals surface area contributed by atoms with Gasteiger partial charge >= 0.3 is 0 Å². The average Bonchev–Trinajstić information content (AvgIpc) is 2.62. The molecule has 80 valence electrons. The molecule has 3 nitrogen and oxygen atoms in total. The van der Waals surface area contributed by atoms with Crippen molar-refractivity contribution in [2.24, 2.45) is 5.92 Å². The molecule has 1 aromatic heterocycles. The van der Waals surface area contributed by atoms with Gasteiger partial charge in [-0.1, -0.05) is 6.92 Å². The molecule has 0 bridgehead atoms. The zero-order valence-electron chi connectivity index (χ0n) is 9.09. The van der Waals surface area contributed by atoms with Gasteiger partial charge in [-0.05, 0) is 23.6 Å². The maximum atomic E-state index is 3.41. The molecule has 2 N–H and O–H groups in total. The maximum Gasteiger partial charge on any atom is 0.110 e. The minimum Gasteiger partial charge on any atom is -0.367 e. The first-order valence-corrected chi connectivity index (χ1v) is 5.64. The number of hydrogen-bond donors (Lipinski definition) is 2. The predicted octanol–water partition coefficient (Wildman–Crippen LogP) is 1.78. The van der Waals surface area contributed by atoms with E-state index in [0.717, 1.165) is 24.8 Å². The molecule has 2 aliphatic heterocycles. The van der Waals surface area contributed by atoms with Crippen LogP contribution in [0.2, 0.25) is 0 Å². The molecule has 0 saturated carbocycles. The minimum absolute atomic E-state index is 0.893. The van der Waals surface area contributed by atoms with Gasteiger partial charge in [0.15, 0.2) is 0 Å². The first-order chi connectivity index (χ1) is 7.31. The van der Waals surface area contributed by atoms with Crippen LogP contribution in [-0.4, -0.2) is 36.1 Å². The van der Waals surface area contributed by atoms with Gasteiger partial charge in [0, 0.05) is 37.9 Å². The summed E-state index contributed by atoms with van der Waals surface area (Å²) < 4.78 is 0. The van der Waals surface area contributed by atoms with Crippen molar-refractivity contribution in [2.45, 2.75) is 6.92 Å². The molecule has 0 amide bonds. The van der Waals surface area contributed by atoms with Gasteiger partial charge in [0.2, 0.25) is 0 Å². The lowest BCUT2D eigenvalue weighted by molar-refractivity contribution is 0.126. The van der Waals surface area contributed by atoms with Crippen LogP contribution in [0.15, 0.2) is 17.8 Å². The van der Waals surface area contributed by atoms with Crippen LogP contribution >= 0.6 is 0 Å². The summed E-state index contributed by atoms with van der Waals surface area (Å²) in [7, 11) is 0. The zero-order chi connectivity index (χ0) is 10.3. The van der Waals surface area contributed by atoms with Crippen LogP contribution in [0, 0.1) is 5.92 Å². The molecule has 0 radical (unpaired) electrons. The highest BCUT2D eigenvalue weighted by molar-refractivity contribution is 5.69. The van der Waals surface area contributed by atoms with Crippen LogP contribution in [0.1, 0.15) is 12.5 Å². The van der Waals surface area contributed by atoms with E-state index in [1.54, 1.807) is 0 Å². The first kappa shape index (κ1) is 9.04. The fourth-order valence-corrected chi connectivity index (χ4v) is 2.47. The summed E-state index contributed by atoms with van der Waals surface area (Å²) in [5, 5.41) is 3.41. The smallest absolute Gasteiger partial charge is 0.110 e. The van der Waals surface area contributed by atoms with E-state index in [1.807, 2.05) is 6.20 Å². The lowest BCUT2D eigenvalue weighted by Gasteiger charge is -2.38. The summed E-state index contributed by atoms with van der Waals surface area (Å²) in [6.45, 7) is 6.95. The molecule has 0 unspecified atom stereocenters. The van der Waals surface area contributed by atoms with Crippen LogP contribution < -0.4 is 5.32 Å². The summed E-state index contributed by atoms with van der Waals surface area (Å²) >= 11 is 0. The van der Waals surface area contributed by atoms with Crippen molar-refractivity contribution >= 4 is 11.9 Å². The van der Waals surface area contributed by atoms with Gasteiger partial charge in [-0.2, -0.15) is 0 Å². The van der Waals surface area contributed by atoms with E-state index in [9.17, 15) is 0 Å². The standard InChI is InChI=1S/C12H17N3/c1-9-6-15(7-9)8-10-4-11-2-3-13-12(11)14-5-10/h2-4,9,13-14H,5-8H2,1H3. The van der Waals surface area contributed by atoms with E-state index in [1.165, 1.54) is 24.2 Å². The minimum atomic E-state index is 0.893. The average molecular weight is 203 g/mol. The number of H-pyrrole nitrogens is 1. The normalized spacial score (nSPS) is 21.5. The van der Waals surface area contributed by atoms with Crippen molar-refractivity contribution in [3.05, 3.63) is 23.4 Å². The second-order valence-corrected chi connectivity index (χ2v) is 4.76.